The largest absolute Gasteiger partial charge is 0.357 e. The Labute approximate surface area is 228 Å². The number of anilines is 1. The number of rotatable bonds is 10. The normalized spacial score (nSPS) is 12.0. The summed E-state index contributed by atoms with van der Waals surface area (Å²) >= 11 is 12.4. The van der Waals surface area contributed by atoms with Crippen molar-refractivity contribution in [2.45, 2.75) is 37.8 Å². The molecule has 3 aromatic rings. The van der Waals surface area contributed by atoms with Crippen LogP contribution in [-0.4, -0.2) is 44.8 Å². The van der Waals surface area contributed by atoms with Crippen LogP contribution in [0.5, 0.6) is 0 Å². The predicted octanol–water partition coefficient (Wildman–Crippen LogP) is 5.05. The zero-order chi connectivity index (χ0) is 27.2. The van der Waals surface area contributed by atoms with Crippen LogP contribution in [0.25, 0.3) is 0 Å². The molecule has 37 heavy (non-hydrogen) atoms. The third kappa shape index (κ3) is 7.03. The minimum atomic E-state index is -4.19. The lowest BCUT2D eigenvalue weighted by atomic mass is 10.1. The summed E-state index contributed by atoms with van der Waals surface area (Å²) < 4.78 is 28.4. The summed E-state index contributed by atoms with van der Waals surface area (Å²) in [6.45, 7) is 3.30. The van der Waals surface area contributed by atoms with Gasteiger partial charge in [-0.2, -0.15) is 0 Å². The van der Waals surface area contributed by atoms with Crippen molar-refractivity contribution in [3.8, 4) is 0 Å². The number of nitrogens with zero attached hydrogens (tertiary/aromatic N) is 2. The Kier molecular flexibility index (Phi) is 9.59. The lowest BCUT2D eigenvalue weighted by Gasteiger charge is -2.33. The number of aryl methyl sites for hydroxylation is 1. The first-order valence-corrected chi connectivity index (χ1v) is 13.9. The van der Waals surface area contributed by atoms with Gasteiger partial charge in [-0.25, -0.2) is 8.42 Å². The van der Waals surface area contributed by atoms with Crippen molar-refractivity contribution in [1.29, 1.82) is 0 Å². The summed E-state index contributed by atoms with van der Waals surface area (Å²) in [6.07, 6.45) is 0.339. The van der Waals surface area contributed by atoms with E-state index in [-0.39, 0.29) is 33.1 Å². The van der Waals surface area contributed by atoms with Gasteiger partial charge in [-0.15, -0.1) is 0 Å². The standard InChI is InChI=1S/C27H29Cl2N3O4S/c1-4-25(27(34)30-3)31(17-20-10-8-9-19(2)13-20)26(33)18-32(23-15-21(28)14-22(29)16-23)37(35,36)24-11-6-5-7-12-24/h5-16,25H,4,17-18H2,1-3H3,(H,30,34). The van der Waals surface area contributed by atoms with Gasteiger partial charge in [-0.05, 0) is 49.2 Å². The van der Waals surface area contributed by atoms with Gasteiger partial charge in [0.1, 0.15) is 12.6 Å². The van der Waals surface area contributed by atoms with Gasteiger partial charge in [0, 0.05) is 23.6 Å². The van der Waals surface area contributed by atoms with Gasteiger partial charge < -0.3 is 10.2 Å². The van der Waals surface area contributed by atoms with Crippen LogP contribution >= 0.6 is 23.2 Å². The van der Waals surface area contributed by atoms with Gasteiger partial charge in [-0.1, -0.05) is 78.2 Å². The Morgan fingerprint density at radius 1 is 0.946 bits per heavy atom. The number of hydrogen-bond acceptors (Lipinski definition) is 4. The van der Waals surface area contributed by atoms with E-state index in [1.54, 1.807) is 25.1 Å². The van der Waals surface area contributed by atoms with Crippen LogP contribution in [0, 0.1) is 6.92 Å². The van der Waals surface area contributed by atoms with E-state index in [4.69, 9.17) is 23.2 Å². The van der Waals surface area contributed by atoms with Crippen molar-refractivity contribution in [1.82, 2.24) is 10.2 Å². The SMILES string of the molecule is CCC(C(=O)NC)N(Cc1cccc(C)c1)C(=O)CN(c1cc(Cl)cc(Cl)c1)S(=O)(=O)c1ccccc1. The molecule has 0 aliphatic heterocycles. The molecule has 0 heterocycles. The molecule has 0 bridgehead atoms. The van der Waals surface area contributed by atoms with Crippen LogP contribution < -0.4 is 9.62 Å². The maximum absolute atomic E-state index is 13.9. The van der Waals surface area contributed by atoms with Crippen LogP contribution in [0.4, 0.5) is 5.69 Å². The van der Waals surface area contributed by atoms with Crippen molar-refractivity contribution >= 4 is 50.7 Å². The second-order valence-corrected chi connectivity index (χ2v) is 11.2. The van der Waals surface area contributed by atoms with Gasteiger partial charge in [0.25, 0.3) is 10.0 Å². The highest BCUT2D eigenvalue weighted by molar-refractivity contribution is 7.92. The Morgan fingerprint density at radius 3 is 2.16 bits per heavy atom. The first kappa shape index (κ1) is 28.5. The van der Waals surface area contributed by atoms with Crippen molar-refractivity contribution in [2.24, 2.45) is 0 Å². The van der Waals surface area contributed by atoms with E-state index in [0.717, 1.165) is 15.4 Å². The third-order valence-electron chi connectivity index (χ3n) is 5.81. The Bertz CT molecular complexity index is 1350. The van der Waals surface area contributed by atoms with Gasteiger partial charge in [0.2, 0.25) is 11.8 Å². The summed E-state index contributed by atoms with van der Waals surface area (Å²) in [6, 6.07) is 18.9. The van der Waals surface area contributed by atoms with E-state index < -0.39 is 28.5 Å². The molecular weight excluding hydrogens is 533 g/mol. The highest BCUT2D eigenvalue weighted by Crippen LogP contribution is 2.30. The molecule has 0 aliphatic rings. The molecule has 3 aromatic carbocycles. The van der Waals surface area contributed by atoms with Crippen molar-refractivity contribution < 1.29 is 18.0 Å². The highest BCUT2D eigenvalue weighted by atomic mass is 35.5. The zero-order valence-electron chi connectivity index (χ0n) is 20.8. The maximum Gasteiger partial charge on any atom is 0.264 e. The first-order chi connectivity index (χ1) is 17.6. The summed E-state index contributed by atoms with van der Waals surface area (Å²) in [5.41, 5.74) is 1.96. The molecule has 0 saturated heterocycles. The minimum Gasteiger partial charge on any atom is -0.357 e. The summed E-state index contributed by atoms with van der Waals surface area (Å²) in [4.78, 5) is 28.0. The predicted molar refractivity (Wildman–Crippen MR) is 147 cm³/mol. The second-order valence-electron chi connectivity index (χ2n) is 8.50. The molecule has 0 spiro atoms. The first-order valence-electron chi connectivity index (χ1n) is 11.7. The molecule has 1 N–H and O–H groups in total. The monoisotopic (exact) mass is 561 g/mol. The molecule has 2 amide bonds. The Hall–Kier alpha value is -3.07. The lowest BCUT2D eigenvalue weighted by molar-refractivity contribution is -0.140. The molecular formula is C27H29Cl2N3O4S. The zero-order valence-corrected chi connectivity index (χ0v) is 23.1. The van der Waals surface area contributed by atoms with E-state index in [2.05, 4.69) is 5.32 Å². The van der Waals surface area contributed by atoms with Gasteiger partial charge in [0.15, 0.2) is 0 Å². The number of hydrogen-bond donors (Lipinski definition) is 1. The highest BCUT2D eigenvalue weighted by Gasteiger charge is 2.33. The van der Waals surface area contributed by atoms with Crippen LogP contribution in [0.15, 0.2) is 77.7 Å². The number of benzene rings is 3. The maximum atomic E-state index is 13.9. The average molecular weight is 563 g/mol. The third-order valence-corrected chi connectivity index (χ3v) is 8.04. The van der Waals surface area contributed by atoms with E-state index in [9.17, 15) is 18.0 Å². The number of sulfonamides is 1. The van der Waals surface area contributed by atoms with Gasteiger partial charge >= 0.3 is 0 Å². The quantitative estimate of drug-likeness (QED) is 0.375. The molecule has 0 radical (unpaired) electrons. The molecule has 1 unspecified atom stereocenters. The fourth-order valence-electron chi connectivity index (χ4n) is 4.02. The molecule has 10 heteroatoms. The molecule has 1 atom stereocenters. The Morgan fingerprint density at radius 2 is 1.59 bits per heavy atom. The molecule has 3 rings (SSSR count). The second kappa shape index (κ2) is 12.4. The summed E-state index contributed by atoms with van der Waals surface area (Å²) in [7, 11) is -2.69. The number of likely N-dealkylation sites (N-methyl/N-ethyl adjacent to an activating group) is 1. The van der Waals surface area contributed by atoms with Crippen molar-refractivity contribution in [3.05, 3.63) is 94.0 Å². The molecule has 0 fully saturated rings. The van der Waals surface area contributed by atoms with Crippen LogP contribution in [0.3, 0.4) is 0 Å². The minimum absolute atomic E-state index is 0.00229. The molecule has 0 saturated carbocycles. The van der Waals surface area contributed by atoms with Crippen LogP contribution in [0.2, 0.25) is 10.0 Å². The summed E-state index contributed by atoms with van der Waals surface area (Å²) in [5.74, 6) is -0.890. The van der Waals surface area contributed by atoms with Crippen molar-refractivity contribution in [3.63, 3.8) is 0 Å². The average Bonchev–Trinajstić information content (AvgIpc) is 2.86. The van der Waals surface area contributed by atoms with Crippen molar-refractivity contribution in [2.75, 3.05) is 17.9 Å². The van der Waals surface area contributed by atoms with Gasteiger partial charge in [0.05, 0.1) is 10.6 Å². The molecule has 196 valence electrons. The molecule has 0 aromatic heterocycles. The van der Waals surface area contributed by atoms with Crippen LogP contribution in [-0.2, 0) is 26.2 Å². The Balaban J connectivity index is 2.08. The number of amides is 2. The van der Waals surface area contributed by atoms with E-state index >= 15 is 0 Å². The fraction of sp³-hybridized carbons (Fsp3) is 0.259. The molecule has 7 nitrogen and oxygen atoms in total. The van der Waals surface area contributed by atoms with E-state index in [1.165, 1.54) is 42.3 Å². The number of nitrogens with one attached hydrogen (secondary N) is 1. The number of carbonyl (C=O) groups is 2. The number of halogens is 2. The summed E-state index contributed by atoms with van der Waals surface area (Å²) in [5, 5.41) is 3.04. The lowest BCUT2D eigenvalue weighted by Crippen LogP contribution is -2.51. The topological polar surface area (TPSA) is 86.8 Å². The van der Waals surface area contributed by atoms with E-state index in [0.29, 0.717) is 6.42 Å². The van der Waals surface area contributed by atoms with Crippen LogP contribution in [0.1, 0.15) is 24.5 Å². The fourth-order valence-corrected chi connectivity index (χ4v) is 5.96. The number of carbonyl (C=O) groups excluding carboxylic acids is 2. The van der Waals surface area contributed by atoms with E-state index in [1.807, 2.05) is 31.2 Å². The smallest absolute Gasteiger partial charge is 0.264 e. The van der Waals surface area contributed by atoms with Gasteiger partial charge in [-0.3, -0.25) is 13.9 Å². The molecule has 0 aliphatic carbocycles.